The molecule has 1 aromatic heterocycles. The SMILES string of the molecule is COc1ccc(NC(=O)N2CCN(c3ccc(N(C)C)nn3)CC2)cc1. The van der Waals surface area contributed by atoms with Crippen molar-refractivity contribution in [2.24, 2.45) is 0 Å². The van der Waals surface area contributed by atoms with Crippen LogP contribution in [0.4, 0.5) is 22.1 Å². The molecule has 0 saturated carbocycles. The Morgan fingerprint density at radius 3 is 2.27 bits per heavy atom. The van der Waals surface area contributed by atoms with Gasteiger partial charge in [-0.05, 0) is 36.4 Å². The Hall–Kier alpha value is -3.03. The van der Waals surface area contributed by atoms with Gasteiger partial charge in [0.25, 0.3) is 0 Å². The number of hydrogen-bond acceptors (Lipinski definition) is 6. The fraction of sp³-hybridized carbons (Fsp3) is 0.389. The van der Waals surface area contributed by atoms with Crippen LogP contribution in [0, 0.1) is 0 Å². The third-order valence-corrected chi connectivity index (χ3v) is 4.33. The molecule has 26 heavy (non-hydrogen) atoms. The summed E-state index contributed by atoms with van der Waals surface area (Å²) < 4.78 is 5.12. The van der Waals surface area contributed by atoms with Crippen LogP contribution in [0.1, 0.15) is 0 Å². The maximum atomic E-state index is 12.4. The predicted octanol–water partition coefficient (Wildman–Crippen LogP) is 1.91. The Kier molecular flexibility index (Phi) is 5.40. The summed E-state index contributed by atoms with van der Waals surface area (Å²) in [5, 5.41) is 11.4. The average Bonchev–Trinajstić information content (AvgIpc) is 2.69. The third kappa shape index (κ3) is 4.14. The zero-order valence-electron chi connectivity index (χ0n) is 15.3. The molecule has 138 valence electrons. The minimum atomic E-state index is -0.0937. The van der Waals surface area contributed by atoms with Crippen molar-refractivity contribution in [2.45, 2.75) is 0 Å². The quantitative estimate of drug-likeness (QED) is 0.902. The maximum Gasteiger partial charge on any atom is 0.321 e. The summed E-state index contributed by atoms with van der Waals surface area (Å²) in [7, 11) is 5.49. The molecule has 1 saturated heterocycles. The van der Waals surface area contributed by atoms with Crippen LogP contribution in [-0.4, -0.2) is 68.5 Å². The number of nitrogens with zero attached hydrogens (tertiary/aromatic N) is 5. The molecule has 2 amide bonds. The third-order valence-electron chi connectivity index (χ3n) is 4.33. The summed E-state index contributed by atoms with van der Waals surface area (Å²) in [4.78, 5) is 18.3. The van der Waals surface area contributed by atoms with Gasteiger partial charge in [-0.1, -0.05) is 0 Å². The number of amides is 2. The van der Waals surface area contributed by atoms with E-state index in [0.717, 1.165) is 36.2 Å². The van der Waals surface area contributed by atoms with Crippen LogP contribution in [0.2, 0.25) is 0 Å². The first kappa shape index (κ1) is 17.8. The smallest absolute Gasteiger partial charge is 0.321 e. The maximum absolute atomic E-state index is 12.4. The molecule has 0 radical (unpaired) electrons. The van der Waals surface area contributed by atoms with Crippen molar-refractivity contribution in [3.05, 3.63) is 36.4 Å². The van der Waals surface area contributed by atoms with Gasteiger partial charge in [-0.25, -0.2) is 4.79 Å². The normalized spacial score (nSPS) is 14.1. The first-order valence-electron chi connectivity index (χ1n) is 8.53. The van der Waals surface area contributed by atoms with E-state index in [2.05, 4.69) is 20.4 Å². The number of methoxy groups -OCH3 is 1. The Labute approximate surface area is 153 Å². The summed E-state index contributed by atoms with van der Waals surface area (Å²) >= 11 is 0. The monoisotopic (exact) mass is 356 g/mol. The second-order valence-electron chi connectivity index (χ2n) is 6.28. The van der Waals surface area contributed by atoms with Crippen LogP contribution >= 0.6 is 0 Å². The molecule has 0 unspecified atom stereocenters. The van der Waals surface area contributed by atoms with Crippen molar-refractivity contribution in [1.82, 2.24) is 15.1 Å². The van der Waals surface area contributed by atoms with Crippen LogP contribution < -0.4 is 19.9 Å². The van der Waals surface area contributed by atoms with Gasteiger partial charge >= 0.3 is 6.03 Å². The Balaban J connectivity index is 1.53. The number of rotatable bonds is 4. The van der Waals surface area contributed by atoms with Crippen LogP contribution in [0.3, 0.4) is 0 Å². The predicted molar refractivity (Wildman–Crippen MR) is 102 cm³/mol. The fourth-order valence-corrected chi connectivity index (χ4v) is 2.74. The van der Waals surface area contributed by atoms with Crippen molar-refractivity contribution in [2.75, 3.05) is 62.5 Å². The zero-order chi connectivity index (χ0) is 18.5. The van der Waals surface area contributed by atoms with Crippen molar-refractivity contribution in [3.8, 4) is 5.75 Å². The topological polar surface area (TPSA) is 73.8 Å². The molecule has 0 atom stereocenters. The van der Waals surface area contributed by atoms with Gasteiger partial charge in [0.2, 0.25) is 0 Å². The second-order valence-corrected chi connectivity index (χ2v) is 6.28. The molecular weight excluding hydrogens is 332 g/mol. The molecule has 0 aliphatic carbocycles. The highest BCUT2D eigenvalue weighted by molar-refractivity contribution is 5.89. The highest BCUT2D eigenvalue weighted by atomic mass is 16.5. The van der Waals surface area contributed by atoms with Gasteiger partial charge in [0, 0.05) is 46.0 Å². The number of aromatic nitrogens is 2. The molecule has 1 aliphatic rings. The van der Waals surface area contributed by atoms with Gasteiger partial charge in [-0.2, -0.15) is 0 Å². The lowest BCUT2D eigenvalue weighted by molar-refractivity contribution is 0.208. The van der Waals surface area contributed by atoms with E-state index in [-0.39, 0.29) is 6.03 Å². The number of carbonyl (C=O) groups is 1. The lowest BCUT2D eigenvalue weighted by Crippen LogP contribution is -2.50. The summed E-state index contributed by atoms with van der Waals surface area (Å²) in [6.45, 7) is 2.73. The average molecular weight is 356 g/mol. The van der Waals surface area contributed by atoms with Gasteiger partial charge in [-0.15, -0.1) is 10.2 Å². The van der Waals surface area contributed by atoms with Gasteiger partial charge < -0.3 is 24.8 Å². The summed E-state index contributed by atoms with van der Waals surface area (Å²) in [6, 6.07) is 11.1. The lowest BCUT2D eigenvalue weighted by atomic mass is 10.3. The number of carbonyl (C=O) groups excluding carboxylic acids is 1. The number of ether oxygens (including phenoxy) is 1. The Morgan fingerprint density at radius 2 is 1.73 bits per heavy atom. The van der Waals surface area contributed by atoms with Crippen molar-refractivity contribution < 1.29 is 9.53 Å². The lowest BCUT2D eigenvalue weighted by Gasteiger charge is -2.35. The highest BCUT2D eigenvalue weighted by Gasteiger charge is 2.22. The number of piperazine rings is 1. The van der Waals surface area contributed by atoms with Crippen LogP contribution in [0.5, 0.6) is 5.75 Å². The standard InChI is InChI=1S/C18H24N6O2/c1-22(2)16-8-9-17(21-20-16)23-10-12-24(13-11-23)18(25)19-14-4-6-15(26-3)7-5-14/h4-9H,10-13H2,1-3H3,(H,19,25). The molecule has 3 rings (SSSR count). The summed E-state index contributed by atoms with van der Waals surface area (Å²) in [5.41, 5.74) is 0.753. The number of anilines is 3. The molecule has 8 heteroatoms. The molecular formula is C18H24N6O2. The Morgan fingerprint density at radius 1 is 1.04 bits per heavy atom. The molecule has 0 bridgehead atoms. The van der Waals surface area contributed by atoms with Crippen molar-refractivity contribution >= 4 is 23.4 Å². The molecule has 1 N–H and O–H groups in total. The van der Waals surface area contributed by atoms with Gasteiger partial charge in [0.15, 0.2) is 11.6 Å². The fourth-order valence-electron chi connectivity index (χ4n) is 2.74. The minimum Gasteiger partial charge on any atom is -0.497 e. The van der Waals surface area contributed by atoms with Crippen LogP contribution in [-0.2, 0) is 0 Å². The minimum absolute atomic E-state index is 0.0937. The first-order valence-corrected chi connectivity index (χ1v) is 8.53. The number of nitrogens with one attached hydrogen (secondary N) is 1. The number of hydrogen-bond donors (Lipinski definition) is 1. The number of urea groups is 1. The van der Waals surface area contributed by atoms with E-state index in [4.69, 9.17) is 4.74 Å². The van der Waals surface area contributed by atoms with E-state index in [1.807, 2.05) is 60.3 Å². The molecule has 2 heterocycles. The molecule has 0 spiro atoms. The second kappa shape index (κ2) is 7.90. The molecule has 8 nitrogen and oxygen atoms in total. The molecule has 1 aliphatic heterocycles. The Bertz CT molecular complexity index is 724. The van der Waals surface area contributed by atoms with Gasteiger partial charge in [-0.3, -0.25) is 0 Å². The van der Waals surface area contributed by atoms with Crippen LogP contribution in [0.25, 0.3) is 0 Å². The van der Waals surface area contributed by atoms with Gasteiger partial charge in [0.05, 0.1) is 7.11 Å². The van der Waals surface area contributed by atoms with Crippen molar-refractivity contribution in [3.63, 3.8) is 0 Å². The zero-order valence-corrected chi connectivity index (χ0v) is 15.3. The van der Waals surface area contributed by atoms with Gasteiger partial charge in [0.1, 0.15) is 5.75 Å². The largest absolute Gasteiger partial charge is 0.497 e. The molecule has 2 aromatic rings. The van der Waals surface area contributed by atoms with E-state index < -0.39 is 0 Å². The van der Waals surface area contributed by atoms with E-state index in [1.54, 1.807) is 7.11 Å². The van der Waals surface area contributed by atoms with E-state index in [0.29, 0.717) is 13.1 Å². The number of benzene rings is 1. The summed E-state index contributed by atoms with van der Waals surface area (Å²) in [5.74, 6) is 2.43. The summed E-state index contributed by atoms with van der Waals surface area (Å²) in [6.07, 6.45) is 0. The van der Waals surface area contributed by atoms with E-state index in [1.165, 1.54) is 0 Å². The first-order chi connectivity index (χ1) is 12.6. The van der Waals surface area contributed by atoms with Crippen molar-refractivity contribution in [1.29, 1.82) is 0 Å². The van der Waals surface area contributed by atoms with E-state index >= 15 is 0 Å². The molecule has 1 fully saturated rings. The highest BCUT2D eigenvalue weighted by Crippen LogP contribution is 2.18. The molecule has 1 aromatic carbocycles. The van der Waals surface area contributed by atoms with E-state index in [9.17, 15) is 4.79 Å². The van der Waals surface area contributed by atoms with Crippen LogP contribution in [0.15, 0.2) is 36.4 Å².